The molecule has 1 amide bonds. The van der Waals surface area contributed by atoms with Gasteiger partial charge >= 0.3 is 0 Å². The molecule has 0 unspecified atom stereocenters. The van der Waals surface area contributed by atoms with Crippen LogP contribution in [0.1, 0.15) is 17.4 Å². The highest BCUT2D eigenvalue weighted by Gasteiger charge is 2.20. The molecule has 8 heteroatoms. The quantitative estimate of drug-likeness (QED) is 0.728. The van der Waals surface area contributed by atoms with Crippen molar-refractivity contribution in [3.8, 4) is 5.69 Å². The second-order valence-electron chi connectivity index (χ2n) is 4.88. The molecule has 6 nitrogen and oxygen atoms in total. The second-order valence-corrected chi connectivity index (χ2v) is 5.29. The Morgan fingerprint density at radius 3 is 2.88 bits per heavy atom. The van der Waals surface area contributed by atoms with Crippen molar-refractivity contribution in [3.05, 3.63) is 65.5 Å². The first-order valence-electron chi connectivity index (χ1n) is 7.20. The molecule has 122 valence electrons. The molecule has 0 N–H and O–H groups in total. The number of rotatable bonds is 4. The summed E-state index contributed by atoms with van der Waals surface area (Å²) in [5, 5.41) is 7.65. The van der Waals surface area contributed by atoms with E-state index in [0.29, 0.717) is 12.2 Å². The van der Waals surface area contributed by atoms with Crippen LogP contribution in [0.4, 0.5) is 10.1 Å². The van der Waals surface area contributed by atoms with Crippen molar-refractivity contribution in [1.29, 1.82) is 0 Å². The number of carbonyl (C=O) groups excluding carboxylic acids is 1. The monoisotopic (exact) mass is 345 g/mol. The number of pyridine rings is 1. The molecule has 0 aliphatic heterocycles. The zero-order valence-corrected chi connectivity index (χ0v) is 13.5. The fraction of sp³-hybridized carbons (Fsp3) is 0.125. The first-order valence-corrected chi connectivity index (χ1v) is 7.58. The summed E-state index contributed by atoms with van der Waals surface area (Å²) in [6, 6.07) is 8.05. The fourth-order valence-electron chi connectivity index (χ4n) is 2.24. The van der Waals surface area contributed by atoms with E-state index in [9.17, 15) is 9.18 Å². The molecule has 0 spiro atoms. The largest absolute Gasteiger partial charge is 0.306 e. The van der Waals surface area contributed by atoms with E-state index < -0.39 is 5.82 Å². The van der Waals surface area contributed by atoms with Gasteiger partial charge in [-0.25, -0.2) is 9.07 Å². The van der Waals surface area contributed by atoms with Gasteiger partial charge in [0, 0.05) is 12.7 Å². The van der Waals surface area contributed by atoms with Crippen molar-refractivity contribution in [1.82, 2.24) is 20.0 Å². The van der Waals surface area contributed by atoms with Gasteiger partial charge in [0.15, 0.2) is 11.5 Å². The maximum Gasteiger partial charge on any atom is 0.280 e. The Morgan fingerprint density at radius 2 is 2.17 bits per heavy atom. The summed E-state index contributed by atoms with van der Waals surface area (Å²) in [6.07, 6.45) is 4.58. The third-order valence-electron chi connectivity index (χ3n) is 3.41. The number of nitrogens with zero attached hydrogens (tertiary/aromatic N) is 5. The van der Waals surface area contributed by atoms with Crippen LogP contribution in [-0.4, -0.2) is 32.4 Å². The lowest BCUT2D eigenvalue weighted by molar-refractivity contribution is 0.0983. The molecule has 0 aliphatic carbocycles. The van der Waals surface area contributed by atoms with Gasteiger partial charge in [-0.3, -0.25) is 9.78 Å². The Kier molecular flexibility index (Phi) is 4.52. The first-order chi connectivity index (χ1) is 11.6. The number of benzene rings is 1. The topological polar surface area (TPSA) is 63.9 Å². The van der Waals surface area contributed by atoms with Gasteiger partial charge in [-0.2, -0.15) is 0 Å². The highest BCUT2D eigenvalue weighted by Crippen LogP contribution is 2.21. The lowest BCUT2D eigenvalue weighted by Crippen LogP contribution is -2.31. The van der Waals surface area contributed by atoms with Crippen molar-refractivity contribution >= 4 is 23.2 Å². The van der Waals surface area contributed by atoms with Gasteiger partial charge in [-0.05, 0) is 31.2 Å². The van der Waals surface area contributed by atoms with Gasteiger partial charge < -0.3 is 4.90 Å². The van der Waals surface area contributed by atoms with E-state index in [1.807, 2.05) is 6.92 Å². The molecule has 0 saturated carbocycles. The molecule has 3 rings (SSSR count). The lowest BCUT2D eigenvalue weighted by atomic mass is 10.3. The van der Waals surface area contributed by atoms with E-state index in [2.05, 4.69) is 15.3 Å². The highest BCUT2D eigenvalue weighted by molar-refractivity contribution is 6.30. The minimum atomic E-state index is -0.623. The van der Waals surface area contributed by atoms with Gasteiger partial charge in [0.2, 0.25) is 0 Å². The molecule has 0 fully saturated rings. The average molecular weight is 346 g/mol. The van der Waals surface area contributed by atoms with Crippen molar-refractivity contribution in [3.63, 3.8) is 0 Å². The number of aromatic nitrogens is 4. The second kappa shape index (κ2) is 6.76. The van der Waals surface area contributed by atoms with E-state index in [-0.39, 0.29) is 22.3 Å². The standard InChI is InChI=1S/C16H13ClFN5O/c1-2-22(11-5-4-8-19-9-11)16(24)13-10-23(21-20-13)14-7-3-6-12(17)15(14)18/h3-10H,2H2,1H3. The Balaban J connectivity index is 1.92. The number of amides is 1. The summed E-state index contributed by atoms with van der Waals surface area (Å²) in [5.74, 6) is -0.971. The Morgan fingerprint density at radius 1 is 1.33 bits per heavy atom. The maximum atomic E-state index is 14.1. The SMILES string of the molecule is CCN(C(=O)c1cn(-c2cccc(Cl)c2F)nn1)c1cccnc1. The highest BCUT2D eigenvalue weighted by atomic mass is 35.5. The summed E-state index contributed by atoms with van der Waals surface area (Å²) < 4.78 is 15.2. The normalized spacial score (nSPS) is 10.6. The van der Waals surface area contributed by atoms with E-state index in [4.69, 9.17) is 11.6 Å². The third-order valence-corrected chi connectivity index (χ3v) is 3.70. The van der Waals surface area contributed by atoms with E-state index >= 15 is 0 Å². The third kappa shape index (κ3) is 2.98. The zero-order valence-electron chi connectivity index (χ0n) is 12.7. The minimum Gasteiger partial charge on any atom is -0.306 e. The number of carbonyl (C=O) groups is 1. The van der Waals surface area contributed by atoms with Crippen LogP contribution < -0.4 is 4.90 Å². The number of anilines is 1. The molecular formula is C16H13ClFN5O. The van der Waals surface area contributed by atoms with Crippen molar-refractivity contribution in [2.45, 2.75) is 6.92 Å². The summed E-state index contributed by atoms with van der Waals surface area (Å²) in [4.78, 5) is 18.1. The molecule has 0 radical (unpaired) electrons. The van der Waals surface area contributed by atoms with Crippen LogP contribution >= 0.6 is 11.6 Å². The van der Waals surface area contributed by atoms with Crippen LogP contribution in [0.3, 0.4) is 0 Å². The maximum absolute atomic E-state index is 14.1. The van der Waals surface area contributed by atoms with Crippen molar-refractivity contribution < 1.29 is 9.18 Å². The number of hydrogen-bond acceptors (Lipinski definition) is 4. The van der Waals surface area contributed by atoms with E-state index in [0.717, 1.165) is 0 Å². The van der Waals surface area contributed by atoms with Gasteiger partial charge in [-0.1, -0.05) is 22.9 Å². The fourth-order valence-corrected chi connectivity index (χ4v) is 2.41. The lowest BCUT2D eigenvalue weighted by Gasteiger charge is -2.18. The summed E-state index contributed by atoms with van der Waals surface area (Å²) in [6.45, 7) is 2.27. The molecule has 0 saturated heterocycles. The molecule has 24 heavy (non-hydrogen) atoms. The molecule has 0 atom stereocenters. The molecule has 3 aromatic rings. The van der Waals surface area contributed by atoms with Crippen molar-refractivity contribution in [2.24, 2.45) is 0 Å². The van der Waals surface area contributed by atoms with Gasteiger partial charge in [0.1, 0.15) is 5.69 Å². The zero-order chi connectivity index (χ0) is 17.1. The van der Waals surface area contributed by atoms with Crippen LogP contribution in [0.5, 0.6) is 0 Å². The molecular weight excluding hydrogens is 333 g/mol. The molecule has 2 heterocycles. The van der Waals surface area contributed by atoms with Crippen molar-refractivity contribution in [2.75, 3.05) is 11.4 Å². The number of halogens is 2. The van der Waals surface area contributed by atoms with Gasteiger partial charge in [0.25, 0.3) is 5.91 Å². The van der Waals surface area contributed by atoms with E-state index in [1.165, 1.54) is 27.9 Å². The predicted octanol–water partition coefficient (Wildman–Crippen LogP) is 3.12. The summed E-state index contributed by atoms with van der Waals surface area (Å²) in [7, 11) is 0. The Hall–Kier alpha value is -2.80. The van der Waals surface area contributed by atoms with Crippen LogP contribution in [0, 0.1) is 5.82 Å². The Labute approximate surface area is 142 Å². The van der Waals surface area contributed by atoms with Crippen LogP contribution in [0.2, 0.25) is 5.02 Å². The molecule has 2 aromatic heterocycles. The van der Waals surface area contributed by atoms with Gasteiger partial charge in [0.05, 0.1) is 23.1 Å². The minimum absolute atomic E-state index is 0.0265. The average Bonchev–Trinajstić information content (AvgIpc) is 3.09. The summed E-state index contributed by atoms with van der Waals surface area (Å²) >= 11 is 5.77. The van der Waals surface area contributed by atoms with E-state index in [1.54, 1.807) is 30.6 Å². The molecule has 0 aliphatic rings. The van der Waals surface area contributed by atoms with Crippen LogP contribution in [0.25, 0.3) is 5.69 Å². The number of hydrogen-bond donors (Lipinski definition) is 0. The summed E-state index contributed by atoms with van der Waals surface area (Å²) in [5.41, 5.74) is 0.868. The smallest absolute Gasteiger partial charge is 0.280 e. The van der Waals surface area contributed by atoms with Gasteiger partial charge in [-0.15, -0.1) is 5.10 Å². The molecule has 0 bridgehead atoms. The Bertz CT molecular complexity index is 868. The first kappa shape index (κ1) is 16.1. The molecule has 1 aromatic carbocycles. The predicted molar refractivity (Wildman–Crippen MR) is 87.9 cm³/mol. The van der Waals surface area contributed by atoms with Crippen LogP contribution in [0.15, 0.2) is 48.9 Å². The van der Waals surface area contributed by atoms with Crippen LogP contribution in [-0.2, 0) is 0 Å².